The Morgan fingerprint density at radius 3 is 2.73 bits per heavy atom. The summed E-state index contributed by atoms with van der Waals surface area (Å²) in [6, 6.07) is 1.70. The van der Waals surface area contributed by atoms with Gasteiger partial charge < -0.3 is 5.11 Å². The number of carboxylic acids is 1. The Morgan fingerprint density at radius 1 is 1.60 bits per heavy atom. The summed E-state index contributed by atoms with van der Waals surface area (Å²) in [4.78, 5) is 10.2. The number of carbonyl (C=O) groups is 1. The van der Waals surface area contributed by atoms with Crippen molar-refractivity contribution < 1.29 is 18.3 Å². The topological polar surface area (TPSA) is 83.5 Å². The van der Waals surface area contributed by atoms with Gasteiger partial charge in [-0.05, 0) is 23.9 Å². The van der Waals surface area contributed by atoms with E-state index >= 15 is 0 Å². The van der Waals surface area contributed by atoms with Crippen molar-refractivity contribution in [2.75, 3.05) is 6.54 Å². The van der Waals surface area contributed by atoms with Gasteiger partial charge in [-0.1, -0.05) is 0 Å². The number of thiophene rings is 1. The molecule has 1 aromatic rings. The standard InChI is InChI=1S/C8H11NO4S2/c1-6-3-5-14-8(6)15(12,13)9-4-2-7(10)11/h3,5,9H,2,4H2,1H3,(H,10,11). The van der Waals surface area contributed by atoms with Crippen LogP contribution in [0.25, 0.3) is 0 Å². The van der Waals surface area contributed by atoms with Crippen molar-refractivity contribution in [1.29, 1.82) is 0 Å². The molecule has 0 aliphatic rings. The number of aliphatic carboxylic acids is 1. The second-order valence-corrected chi connectivity index (χ2v) is 5.81. The lowest BCUT2D eigenvalue weighted by Crippen LogP contribution is -2.26. The van der Waals surface area contributed by atoms with Crippen molar-refractivity contribution in [3.63, 3.8) is 0 Å². The summed E-state index contributed by atoms with van der Waals surface area (Å²) in [5.41, 5.74) is 0.669. The van der Waals surface area contributed by atoms with Gasteiger partial charge in [-0.2, -0.15) is 0 Å². The van der Waals surface area contributed by atoms with Crippen LogP contribution in [0.3, 0.4) is 0 Å². The van der Waals surface area contributed by atoms with E-state index in [1.165, 1.54) is 0 Å². The quantitative estimate of drug-likeness (QED) is 0.809. The van der Waals surface area contributed by atoms with Crippen LogP contribution in [0.15, 0.2) is 15.7 Å². The Labute approximate surface area is 91.8 Å². The molecule has 15 heavy (non-hydrogen) atoms. The van der Waals surface area contributed by atoms with Crippen LogP contribution in [0, 0.1) is 6.92 Å². The van der Waals surface area contributed by atoms with Gasteiger partial charge in [0.15, 0.2) is 0 Å². The second kappa shape index (κ2) is 4.73. The van der Waals surface area contributed by atoms with E-state index in [4.69, 9.17) is 5.11 Å². The number of carboxylic acid groups (broad SMARTS) is 1. The van der Waals surface area contributed by atoms with E-state index in [0.29, 0.717) is 5.56 Å². The zero-order valence-electron chi connectivity index (χ0n) is 8.06. The van der Waals surface area contributed by atoms with E-state index in [9.17, 15) is 13.2 Å². The molecule has 0 unspecified atom stereocenters. The van der Waals surface area contributed by atoms with Crippen molar-refractivity contribution in [1.82, 2.24) is 4.72 Å². The summed E-state index contributed by atoms with van der Waals surface area (Å²) in [5, 5.41) is 10.0. The SMILES string of the molecule is Cc1ccsc1S(=O)(=O)NCCC(=O)O. The fourth-order valence-corrected chi connectivity index (χ4v) is 3.49. The molecule has 0 saturated heterocycles. The lowest BCUT2D eigenvalue weighted by molar-refractivity contribution is -0.136. The molecule has 0 aliphatic heterocycles. The minimum absolute atomic E-state index is 0.0883. The molecule has 1 rings (SSSR count). The monoisotopic (exact) mass is 249 g/mol. The van der Waals surface area contributed by atoms with Crippen LogP contribution in [-0.2, 0) is 14.8 Å². The van der Waals surface area contributed by atoms with Gasteiger partial charge in [0.2, 0.25) is 10.0 Å². The number of sulfonamides is 1. The van der Waals surface area contributed by atoms with Crippen molar-refractivity contribution in [2.24, 2.45) is 0 Å². The highest BCUT2D eigenvalue weighted by atomic mass is 32.2. The zero-order valence-corrected chi connectivity index (χ0v) is 9.69. The van der Waals surface area contributed by atoms with E-state index in [-0.39, 0.29) is 17.2 Å². The van der Waals surface area contributed by atoms with Crippen LogP contribution in [0.4, 0.5) is 0 Å². The summed E-state index contributed by atoms with van der Waals surface area (Å²) in [6.45, 7) is 1.61. The molecule has 7 heteroatoms. The Bertz CT molecular complexity index is 449. The van der Waals surface area contributed by atoms with Gasteiger partial charge in [0, 0.05) is 6.54 Å². The highest BCUT2D eigenvalue weighted by Gasteiger charge is 2.17. The van der Waals surface area contributed by atoms with Crippen LogP contribution in [-0.4, -0.2) is 26.0 Å². The minimum Gasteiger partial charge on any atom is -0.481 e. The predicted octanol–water partition coefficient (Wildman–Crippen LogP) is 0.810. The molecule has 0 spiro atoms. The Kier molecular flexibility index (Phi) is 3.83. The van der Waals surface area contributed by atoms with E-state index in [1.807, 2.05) is 0 Å². The van der Waals surface area contributed by atoms with E-state index in [1.54, 1.807) is 18.4 Å². The molecule has 1 aromatic heterocycles. The summed E-state index contributed by atoms with van der Waals surface area (Å²) in [6.07, 6.45) is -0.219. The number of hydrogen-bond donors (Lipinski definition) is 2. The van der Waals surface area contributed by atoms with Gasteiger partial charge >= 0.3 is 5.97 Å². The first-order chi connectivity index (χ1) is 6.93. The maximum atomic E-state index is 11.6. The molecule has 0 bridgehead atoms. The van der Waals surface area contributed by atoms with E-state index in [0.717, 1.165) is 11.3 Å². The van der Waals surface area contributed by atoms with Crippen LogP contribution in [0.5, 0.6) is 0 Å². The van der Waals surface area contributed by atoms with Gasteiger partial charge in [-0.15, -0.1) is 11.3 Å². The van der Waals surface area contributed by atoms with Crippen molar-refractivity contribution in [3.8, 4) is 0 Å². The van der Waals surface area contributed by atoms with Gasteiger partial charge in [0.25, 0.3) is 0 Å². The Hall–Kier alpha value is -0.920. The van der Waals surface area contributed by atoms with Crippen LogP contribution in [0.2, 0.25) is 0 Å². The summed E-state index contributed by atoms with van der Waals surface area (Å²) in [7, 11) is -3.54. The molecular weight excluding hydrogens is 238 g/mol. The fourth-order valence-electron chi connectivity index (χ4n) is 0.992. The maximum Gasteiger partial charge on any atom is 0.304 e. The van der Waals surface area contributed by atoms with E-state index in [2.05, 4.69) is 4.72 Å². The summed E-state index contributed by atoms with van der Waals surface area (Å²) in [5.74, 6) is -1.03. The highest BCUT2D eigenvalue weighted by molar-refractivity contribution is 7.91. The largest absolute Gasteiger partial charge is 0.481 e. The third kappa shape index (κ3) is 3.29. The molecule has 0 radical (unpaired) electrons. The first-order valence-electron chi connectivity index (χ1n) is 4.19. The number of rotatable bonds is 5. The third-order valence-electron chi connectivity index (χ3n) is 1.69. The zero-order chi connectivity index (χ0) is 11.5. The maximum absolute atomic E-state index is 11.6. The van der Waals surface area contributed by atoms with Crippen LogP contribution in [0.1, 0.15) is 12.0 Å². The number of aryl methyl sites for hydroxylation is 1. The van der Waals surface area contributed by atoms with Crippen LogP contribution < -0.4 is 4.72 Å². The summed E-state index contributed by atoms with van der Waals surface area (Å²) >= 11 is 1.12. The first kappa shape index (κ1) is 12.2. The summed E-state index contributed by atoms with van der Waals surface area (Å²) < 4.78 is 25.7. The molecule has 84 valence electrons. The van der Waals surface area contributed by atoms with Crippen molar-refractivity contribution >= 4 is 27.3 Å². The number of hydrogen-bond acceptors (Lipinski definition) is 4. The minimum atomic E-state index is -3.54. The fraction of sp³-hybridized carbons (Fsp3) is 0.375. The molecule has 1 heterocycles. The normalized spacial score (nSPS) is 11.5. The molecule has 5 nitrogen and oxygen atoms in total. The smallest absolute Gasteiger partial charge is 0.304 e. The van der Waals surface area contributed by atoms with Crippen molar-refractivity contribution in [2.45, 2.75) is 17.6 Å². The third-order valence-corrected chi connectivity index (χ3v) is 4.84. The highest BCUT2D eigenvalue weighted by Crippen LogP contribution is 2.21. The molecule has 2 N–H and O–H groups in total. The molecule has 0 aliphatic carbocycles. The Morgan fingerprint density at radius 2 is 2.27 bits per heavy atom. The van der Waals surface area contributed by atoms with Crippen LogP contribution >= 0.6 is 11.3 Å². The number of nitrogens with one attached hydrogen (secondary N) is 1. The average molecular weight is 249 g/mol. The molecule has 0 amide bonds. The van der Waals surface area contributed by atoms with Gasteiger partial charge in [-0.3, -0.25) is 4.79 Å². The lowest BCUT2D eigenvalue weighted by Gasteiger charge is -2.03. The molecule has 0 fully saturated rings. The Balaban J connectivity index is 2.69. The average Bonchev–Trinajstić information content (AvgIpc) is 2.50. The molecular formula is C8H11NO4S2. The van der Waals surface area contributed by atoms with Gasteiger partial charge in [0.05, 0.1) is 6.42 Å². The van der Waals surface area contributed by atoms with E-state index < -0.39 is 16.0 Å². The molecule has 0 atom stereocenters. The lowest BCUT2D eigenvalue weighted by atomic mass is 10.4. The molecule has 0 saturated carbocycles. The second-order valence-electron chi connectivity index (χ2n) is 2.93. The first-order valence-corrected chi connectivity index (χ1v) is 6.55. The van der Waals surface area contributed by atoms with Gasteiger partial charge in [-0.25, -0.2) is 13.1 Å². The predicted molar refractivity (Wildman–Crippen MR) is 56.5 cm³/mol. The van der Waals surface area contributed by atoms with Gasteiger partial charge in [0.1, 0.15) is 4.21 Å². The molecule has 0 aromatic carbocycles. The van der Waals surface area contributed by atoms with Crippen molar-refractivity contribution in [3.05, 3.63) is 17.0 Å².